The summed E-state index contributed by atoms with van der Waals surface area (Å²) in [7, 11) is 0. The number of rotatable bonds is 32. The first-order chi connectivity index (χ1) is 28.4. The maximum Gasteiger partial charge on any atom is 0.347 e. The molecule has 0 aliphatic carbocycles. The zero-order chi connectivity index (χ0) is 41.4. The number of unbranched alkanes of at least 4 members (excludes halogenated alkanes) is 20. The molecule has 0 unspecified atom stereocenters. The summed E-state index contributed by atoms with van der Waals surface area (Å²) < 4.78 is 11.6. The molecule has 2 aromatic heterocycles. The van der Waals surface area contributed by atoms with Crippen LogP contribution in [0.3, 0.4) is 0 Å². The molecule has 4 rings (SSSR count). The predicted molar refractivity (Wildman–Crippen MR) is 246 cm³/mol. The van der Waals surface area contributed by atoms with E-state index in [-0.39, 0.29) is 11.1 Å². The smallest absolute Gasteiger partial charge is 0.347 e. The summed E-state index contributed by atoms with van der Waals surface area (Å²) in [4.78, 5) is 45.5. The third kappa shape index (κ3) is 15.4. The standard InChI is InChI=1S/C51H76N2O5/c1-5-9-13-17-21-25-33-52(34-26-22-18-14-10-6-2)43-31-29-41-37-45(50(55)57-47(41)39-43)49(54)46-38-42-30-32-44(40-48(42)58-51(46)56)53(35-27-23-19-15-11-7-3)36-28-24-20-16-12-8-4/h29-32,37-40H,5-28,33-36H2,1-4H3. The van der Waals surface area contributed by atoms with Crippen LogP contribution in [0.25, 0.3) is 21.9 Å². The first-order valence-corrected chi connectivity index (χ1v) is 23.6. The molecule has 58 heavy (non-hydrogen) atoms. The highest BCUT2D eigenvalue weighted by Gasteiger charge is 2.22. The van der Waals surface area contributed by atoms with Crippen LogP contribution in [0.15, 0.2) is 67.0 Å². The average molecular weight is 797 g/mol. The Balaban J connectivity index is 1.50. The van der Waals surface area contributed by atoms with E-state index in [1.165, 1.54) is 128 Å². The normalized spacial score (nSPS) is 11.5. The summed E-state index contributed by atoms with van der Waals surface area (Å²) >= 11 is 0. The monoisotopic (exact) mass is 797 g/mol. The Bertz CT molecular complexity index is 1730. The van der Waals surface area contributed by atoms with Crippen LogP contribution in [0.2, 0.25) is 0 Å². The molecule has 0 atom stereocenters. The first kappa shape index (κ1) is 46.8. The number of carbonyl (C=O) groups is 1. The lowest BCUT2D eigenvalue weighted by molar-refractivity contribution is 0.103. The molecule has 0 amide bonds. The van der Waals surface area contributed by atoms with Crippen molar-refractivity contribution in [2.24, 2.45) is 0 Å². The Morgan fingerprint density at radius 2 is 0.707 bits per heavy atom. The summed E-state index contributed by atoms with van der Waals surface area (Å²) in [6.07, 6.45) is 29.7. The van der Waals surface area contributed by atoms with Gasteiger partial charge in [-0.1, -0.05) is 156 Å². The second-order valence-corrected chi connectivity index (χ2v) is 16.7. The minimum Gasteiger partial charge on any atom is -0.422 e. The van der Waals surface area contributed by atoms with Crippen molar-refractivity contribution in [1.29, 1.82) is 0 Å². The van der Waals surface area contributed by atoms with Crippen molar-refractivity contribution in [3.8, 4) is 0 Å². The van der Waals surface area contributed by atoms with Gasteiger partial charge in [0.05, 0.1) is 0 Å². The molecule has 7 nitrogen and oxygen atoms in total. The van der Waals surface area contributed by atoms with Gasteiger partial charge in [0.2, 0.25) is 5.78 Å². The van der Waals surface area contributed by atoms with Crippen molar-refractivity contribution in [3.05, 3.63) is 80.5 Å². The lowest BCUT2D eigenvalue weighted by atomic mass is 10.0. The Morgan fingerprint density at radius 1 is 0.414 bits per heavy atom. The van der Waals surface area contributed by atoms with Crippen LogP contribution in [0.1, 0.15) is 198 Å². The van der Waals surface area contributed by atoms with Crippen LogP contribution in [-0.4, -0.2) is 32.0 Å². The Hall–Kier alpha value is -3.87. The highest BCUT2D eigenvalue weighted by atomic mass is 16.4. The van der Waals surface area contributed by atoms with Crippen LogP contribution >= 0.6 is 0 Å². The van der Waals surface area contributed by atoms with Gasteiger partial charge >= 0.3 is 11.3 Å². The molecule has 2 aromatic carbocycles. The van der Waals surface area contributed by atoms with Gasteiger partial charge in [-0.25, -0.2) is 9.59 Å². The summed E-state index contributed by atoms with van der Waals surface area (Å²) in [5, 5.41) is 1.30. The average Bonchev–Trinajstić information content (AvgIpc) is 3.23. The predicted octanol–water partition coefficient (Wildman–Crippen LogP) is 14.2. The fourth-order valence-corrected chi connectivity index (χ4v) is 8.13. The van der Waals surface area contributed by atoms with E-state index in [1.807, 2.05) is 24.3 Å². The van der Waals surface area contributed by atoms with Crippen LogP contribution in [-0.2, 0) is 0 Å². The fourth-order valence-electron chi connectivity index (χ4n) is 8.13. The SMILES string of the molecule is CCCCCCCCN(CCCCCCCC)c1ccc2cc(C(=O)c3cc4ccc(N(CCCCCCCC)CCCCCCCC)cc4oc3=O)c(=O)oc2c1. The van der Waals surface area contributed by atoms with Gasteiger partial charge in [-0.05, 0) is 62.1 Å². The van der Waals surface area contributed by atoms with Crippen molar-refractivity contribution in [1.82, 2.24) is 0 Å². The molecular formula is C51H76N2O5. The number of anilines is 2. The molecule has 0 N–H and O–H groups in total. The van der Waals surface area contributed by atoms with Gasteiger partial charge in [0.1, 0.15) is 22.3 Å². The number of fused-ring (bicyclic) bond motifs is 2. The second kappa shape index (κ2) is 27.0. The molecular weight excluding hydrogens is 721 g/mol. The minimum absolute atomic E-state index is 0.163. The number of hydrogen-bond acceptors (Lipinski definition) is 7. The molecule has 0 bridgehead atoms. The molecule has 4 aromatic rings. The molecule has 0 saturated heterocycles. The Morgan fingerprint density at radius 3 is 1.02 bits per heavy atom. The van der Waals surface area contributed by atoms with E-state index >= 15 is 0 Å². The van der Waals surface area contributed by atoms with E-state index in [9.17, 15) is 14.4 Å². The third-order valence-electron chi connectivity index (χ3n) is 11.8. The van der Waals surface area contributed by atoms with Crippen LogP contribution < -0.4 is 21.1 Å². The number of carbonyl (C=O) groups excluding carboxylic acids is 1. The van der Waals surface area contributed by atoms with E-state index in [0.717, 1.165) is 63.2 Å². The van der Waals surface area contributed by atoms with Gasteiger partial charge in [0, 0.05) is 60.5 Å². The van der Waals surface area contributed by atoms with Gasteiger partial charge in [-0.15, -0.1) is 0 Å². The Kier molecular flexibility index (Phi) is 21.8. The molecule has 0 saturated carbocycles. The molecule has 2 heterocycles. The van der Waals surface area contributed by atoms with Crippen molar-refractivity contribution >= 4 is 39.1 Å². The molecule has 0 aliphatic heterocycles. The van der Waals surface area contributed by atoms with Crippen molar-refractivity contribution in [2.45, 2.75) is 182 Å². The molecule has 0 spiro atoms. The van der Waals surface area contributed by atoms with E-state index in [2.05, 4.69) is 49.6 Å². The third-order valence-corrected chi connectivity index (χ3v) is 11.8. The van der Waals surface area contributed by atoms with E-state index in [0.29, 0.717) is 21.9 Å². The zero-order valence-corrected chi connectivity index (χ0v) is 36.9. The van der Waals surface area contributed by atoms with Crippen LogP contribution in [0.5, 0.6) is 0 Å². The summed E-state index contributed by atoms with van der Waals surface area (Å²) in [6.45, 7) is 12.8. The maximum atomic E-state index is 13.8. The largest absolute Gasteiger partial charge is 0.422 e. The molecule has 320 valence electrons. The lowest BCUT2D eigenvalue weighted by Gasteiger charge is -2.25. The minimum atomic E-state index is -0.747. The van der Waals surface area contributed by atoms with Crippen LogP contribution in [0, 0.1) is 0 Å². The van der Waals surface area contributed by atoms with Crippen LogP contribution in [0.4, 0.5) is 11.4 Å². The fraction of sp³-hybridized carbons (Fsp3) is 0.627. The quantitative estimate of drug-likeness (QED) is 0.0276. The zero-order valence-electron chi connectivity index (χ0n) is 36.9. The van der Waals surface area contributed by atoms with Gasteiger partial charge < -0.3 is 18.6 Å². The molecule has 0 aliphatic rings. The number of hydrogen-bond donors (Lipinski definition) is 0. The maximum absolute atomic E-state index is 13.8. The van der Waals surface area contributed by atoms with E-state index < -0.39 is 17.0 Å². The van der Waals surface area contributed by atoms with Crippen molar-refractivity contribution < 1.29 is 13.6 Å². The highest BCUT2D eigenvalue weighted by Crippen LogP contribution is 2.27. The summed E-state index contributed by atoms with van der Waals surface area (Å²) in [5.41, 5.74) is 1.13. The van der Waals surface area contributed by atoms with Gasteiger partial charge in [-0.3, -0.25) is 4.79 Å². The van der Waals surface area contributed by atoms with Gasteiger partial charge in [0.25, 0.3) is 0 Å². The van der Waals surface area contributed by atoms with E-state index in [4.69, 9.17) is 8.83 Å². The molecule has 0 fully saturated rings. The Labute approximate surface area is 350 Å². The number of nitrogens with zero attached hydrogens (tertiary/aromatic N) is 2. The van der Waals surface area contributed by atoms with Crippen molar-refractivity contribution in [3.63, 3.8) is 0 Å². The van der Waals surface area contributed by atoms with Gasteiger partial charge in [0.15, 0.2) is 0 Å². The topological polar surface area (TPSA) is 84.0 Å². The van der Waals surface area contributed by atoms with Crippen molar-refractivity contribution in [2.75, 3.05) is 36.0 Å². The summed E-state index contributed by atoms with van der Waals surface area (Å²) in [5.74, 6) is -0.681. The number of benzene rings is 2. The number of ketones is 1. The lowest BCUT2D eigenvalue weighted by Crippen LogP contribution is -2.26. The first-order valence-electron chi connectivity index (χ1n) is 23.6. The second-order valence-electron chi connectivity index (χ2n) is 16.7. The summed E-state index contributed by atoms with van der Waals surface area (Å²) in [6, 6.07) is 15.0. The van der Waals surface area contributed by atoms with Gasteiger partial charge in [-0.2, -0.15) is 0 Å². The molecule has 0 radical (unpaired) electrons. The highest BCUT2D eigenvalue weighted by molar-refractivity contribution is 6.10. The van der Waals surface area contributed by atoms with E-state index in [1.54, 1.807) is 12.1 Å². The molecule has 7 heteroatoms.